The third-order valence-corrected chi connectivity index (χ3v) is 6.18. The number of alkyl halides is 3. The quantitative estimate of drug-likeness (QED) is 0.832. The minimum atomic E-state index is -4.38. The van der Waals surface area contributed by atoms with Crippen molar-refractivity contribution in [2.75, 3.05) is 17.0 Å². The molecule has 0 aromatic heterocycles. The lowest BCUT2D eigenvalue weighted by atomic mass is 9.87. The monoisotopic (exact) mass is 392 g/mol. The molecule has 146 valence electrons. The van der Waals surface area contributed by atoms with Crippen molar-refractivity contribution in [1.82, 2.24) is 4.90 Å². The highest BCUT2D eigenvalue weighted by Gasteiger charge is 2.56. The molecule has 0 saturated carbocycles. The summed E-state index contributed by atoms with van der Waals surface area (Å²) in [6.45, 7) is 4.54. The lowest BCUT2D eigenvalue weighted by Crippen LogP contribution is -2.49. The number of nitrogens with one attached hydrogen (secondary N) is 1. The van der Waals surface area contributed by atoms with Gasteiger partial charge in [0.15, 0.2) is 0 Å². The van der Waals surface area contributed by atoms with E-state index in [1.54, 1.807) is 6.92 Å². The zero-order valence-electron chi connectivity index (χ0n) is 14.9. The predicted octanol–water partition coefficient (Wildman–Crippen LogP) is 3.64. The molecule has 1 N–H and O–H groups in total. The van der Waals surface area contributed by atoms with Crippen LogP contribution < -0.4 is 4.72 Å². The van der Waals surface area contributed by atoms with Crippen molar-refractivity contribution >= 4 is 21.6 Å². The molecule has 0 unspecified atom stereocenters. The fourth-order valence-electron chi connectivity index (χ4n) is 3.39. The maximum Gasteiger partial charge on any atom is 0.394 e. The molecule has 9 heteroatoms. The molecule has 1 saturated heterocycles. The van der Waals surface area contributed by atoms with Gasteiger partial charge >= 0.3 is 6.18 Å². The number of rotatable bonds is 5. The molecule has 5 nitrogen and oxygen atoms in total. The van der Waals surface area contributed by atoms with Crippen molar-refractivity contribution in [3.8, 4) is 0 Å². The Bertz CT molecular complexity index is 776. The van der Waals surface area contributed by atoms with Crippen LogP contribution in [0.15, 0.2) is 24.3 Å². The van der Waals surface area contributed by atoms with Gasteiger partial charge in [-0.15, -0.1) is 0 Å². The molecule has 1 aromatic rings. The number of likely N-dealkylation sites (tertiary alicyclic amines) is 1. The van der Waals surface area contributed by atoms with Gasteiger partial charge in [0.25, 0.3) is 5.91 Å². The van der Waals surface area contributed by atoms with Gasteiger partial charge in [0.05, 0.1) is 11.7 Å². The molecule has 26 heavy (non-hydrogen) atoms. The zero-order chi connectivity index (χ0) is 19.8. The van der Waals surface area contributed by atoms with E-state index in [1.165, 1.54) is 43.0 Å². The Hall–Kier alpha value is -1.77. The number of carbonyl (C=O) groups is 1. The van der Waals surface area contributed by atoms with E-state index in [9.17, 15) is 26.4 Å². The first kappa shape index (κ1) is 20.5. The number of amides is 1. The molecule has 0 spiro atoms. The third kappa shape index (κ3) is 4.31. The van der Waals surface area contributed by atoms with Gasteiger partial charge in [0, 0.05) is 23.3 Å². The second kappa shape index (κ2) is 7.09. The summed E-state index contributed by atoms with van der Waals surface area (Å²) in [6.07, 6.45) is -4.09. The molecule has 0 bridgehead atoms. The van der Waals surface area contributed by atoms with E-state index in [4.69, 9.17) is 0 Å². The van der Waals surface area contributed by atoms with Crippen LogP contribution in [-0.4, -0.2) is 43.2 Å². The van der Waals surface area contributed by atoms with Gasteiger partial charge in [-0.25, -0.2) is 8.42 Å². The third-order valence-electron chi connectivity index (χ3n) is 4.69. The summed E-state index contributed by atoms with van der Waals surface area (Å²) < 4.78 is 65.7. The molecule has 2 rings (SSSR count). The number of nitrogens with zero attached hydrogens (tertiary/aromatic N) is 1. The summed E-state index contributed by atoms with van der Waals surface area (Å²) in [7, 11) is -3.52. The maximum absolute atomic E-state index is 13.2. The Kier molecular flexibility index (Phi) is 5.60. The Morgan fingerprint density at radius 1 is 1.35 bits per heavy atom. The molecule has 1 aromatic carbocycles. The number of sulfonamides is 1. The van der Waals surface area contributed by atoms with Crippen LogP contribution in [0.1, 0.15) is 44.0 Å². The van der Waals surface area contributed by atoms with E-state index in [1.807, 2.05) is 0 Å². The number of carbonyl (C=O) groups excluding carboxylic acids is 1. The van der Waals surface area contributed by atoms with E-state index >= 15 is 0 Å². The summed E-state index contributed by atoms with van der Waals surface area (Å²) >= 11 is 0. The van der Waals surface area contributed by atoms with Crippen LogP contribution >= 0.6 is 0 Å². The molecular weight excluding hydrogens is 369 g/mol. The number of hydrogen-bond acceptors (Lipinski definition) is 3. The number of halogens is 3. The molecule has 1 amide bonds. The molecule has 1 aliphatic rings. The Labute approximate surface area is 151 Å². The minimum absolute atomic E-state index is 0.00179. The Balaban J connectivity index is 2.24. The first-order valence-electron chi connectivity index (χ1n) is 8.37. The van der Waals surface area contributed by atoms with Crippen LogP contribution in [0, 0.1) is 5.92 Å². The van der Waals surface area contributed by atoms with E-state index in [0.717, 1.165) is 0 Å². The lowest BCUT2D eigenvalue weighted by Gasteiger charge is -2.36. The van der Waals surface area contributed by atoms with E-state index < -0.39 is 33.6 Å². The van der Waals surface area contributed by atoms with Gasteiger partial charge in [0.2, 0.25) is 10.0 Å². The highest BCUT2D eigenvalue weighted by atomic mass is 32.2. The van der Waals surface area contributed by atoms with Crippen LogP contribution in [0.2, 0.25) is 0 Å². The van der Waals surface area contributed by atoms with Gasteiger partial charge in [-0.1, -0.05) is 13.0 Å². The van der Waals surface area contributed by atoms with Crippen LogP contribution in [0.25, 0.3) is 0 Å². The highest BCUT2D eigenvalue weighted by molar-refractivity contribution is 7.92. The summed E-state index contributed by atoms with van der Waals surface area (Å²) in [5.41, 5.74) is -1.00. The van der Waals surface area contributed by atoms with E-state index in [-0.39, 0.29) is 30.0 Å². The fraction of sp³-hybridized carbons (Fsp3) is 0.588. The van der Waals surface area contributed by atoms with Crippen molar-refractivity contribution in [3.63, 3.8) is 0 Å². The van der Waals surface area contributed by atoms with Crippen molar-refractivity contribution in [3.05, 3.63) is 29.8 Å². The smallest absolute Gasteiger partial charge is 0.333 e. The standard InChI is InChI=1S/C17H23F3N2O3S/c1-4-10-26(24,25)21-13-7-5-6-12(11-13)15(23)22-9-8-14(16(22,2)3)17(18,19)20/h5-7,11,14,21H,4,8-10H2,1-3H3/t14-/m0/s1. The van der Waals surface area contributed by atoms with Crippen LogP contribution in [0.4, 0.5) is 18.9 Å². The summed E-state index contributed by atoms with van der Waals surface area (Å²) in [4.78, 5) is 14.0. The summed E-state index contributed by atoms with van der Waals surface area (Å²) in [5.74, 6) is -2.19. The van der Waals surface area contributed by atoms with Gasteiger partial charge < -0.3 is 4.90 Å². The second-order valence-electron chi connectivity index (χ2n) is 7.00. The van der Waals surface area contributed by atoms with E-state index in [2.05, 4.69) is 4.72 Å². The van der Waals surface area contributed by atoms with Gasteiger partial charge in [-0.2, -0.15) is 13.2 Å². The fourth-order valence-corrected chi connectivity index (χ4v) is 4.51. The molecule has 1 fully saturated rings. The van der Waals surface area contributed by atoms with Gasteiger partial charge in [-0.05, 0) is 44.9 Å². The van der Waals surface area contributed by atoms with Crippen molar-refractivity contribution < 1.29 is 26.4 Å². The van der Waals surface area contributed by atoms with Crippen molar-refractivity contribution in [2.45, 2.75) is 45.3 Å². The Morgan fingerprint density at radius 2 is 2.00 bits per heavy atom. The first-order chi connectivity index (χ1) is 11.9. The summed E-state index contributed by atoms with van der Waals surface area (Å²) in [6, 6.07) is 5.82. The zero-order valence-corrected chi connectivity index (χ0v) is 15.7. The molecule has 0 aliphatic carbocycles. The number of benzene rings is 1. The van der Waals surface area contributed by atoms with Crippen LogP contribution in [0.3, 0.4) is 0 Å². The second-order valence-corrected chi connectivity index (χ2v) is 8.84. The maximum atomic E-state index is 13.2. The van der Waals surface area contributed by atoms with Crippen LogP contribution in [-0.2, 0) is 10.0 Å². The molecule has 1 heterocycles. The number of anilines is 1. The Morgan fingerprint density at radius 3 is 2.54 bits per heavy atom. The largest absolute Gasteiger partial charge is 0.394 e. The molecule has 0 radical (unpaired) electrons. The minimum Gasteiger partial charge on any atom is -0.333 e. The average Bonchev–Trinajstić information content (AvgIpc) is 2.81. The lowest BCUT2D eigenvalue weighted by molar-refractivity contribution is -0.189. The SMILES string of the molecule is CCCS(=O)(=O)Nc1cccc(C(=O)N2CC[C@H](C(F)(F)F)C2(C)C)c1. The molecule has 1 aliphatic heterocycles. The van der Waals surface area contributed by atoms with E-state index in [0.29, 0.717) is 6.42 Å². The summed E-state index contributed by atoms with van der Waals surface area (Å²) in [5, 5.41) is 0. The first-order valence-corrected chi connectivity index (χ1v) is 10.0. The van der Waals surface area contributed by atoms with Gasteiger partial charge in [-0.3, -0.25) is 9.52 Å². The molecule has 1 atom stereocenters. The van der Waals surface area contributed by atoms with Gasteiger partial charge in [0.1, 0.15) is 0 Å². The highest BCUT2D eigenvalue weighted by Crippen LogP contribution is 2.45. The topological polar surface area (TPSA) is 66.5 Å². The average molecular weight is 392 g/mol. The van der Waals surface area contributed by atoms with Crippen molar-refractivity contribution in [2.24, 2.45) is 5.92 Å². The molecular formula is C17H23F3N2O3S. The predicted molar refractivity (Wildman–Crippen MR) is 93.4 cm³/mol. The van der Waals surface area contributed by atoms with Crippen molar-refractivity contribution in [1.29, 1.82) is 0 Å². The van der Waals surface area contributed by atoms with Crippen LogP contribution in [0.5, 0.6) is 0 Å². The normalized spacial score (nSPS) is 20.2. The number of hydrogen-bond donors (Lipinski definition) is 1.